The van der Waals surface area contributed by atoms with Crippen molar-refractivity contribution >= 4 is 28.8 Å². The lowest BCUT2D eigenvalue weighted by molar-refractivity contribution is -0.117. The summed E-state index contributed by atoms with van der Waals surface area (Å²) >= 11 is 1.26. The maximum atomic E-state index is 11.1. The number of aromatic nitrogens is 4. The molecule has 6 nitrogen and oxygen atoms in total. The van der Waals surface area contributed by atoms with Crippen LogP contribution in [0.4, 0.5) is 0 Å². The van der Waals surface area contributed by atoms with Crippen LogP contribution < -0.4 is 5.73 Å². The van der Waals surface area contributed by atoms with Crippen molar-refractivity contribution in [3.8, 4) is 0 Å². The molecule has 7 heteroatoms. The Kier molecular flexibility index (Phi) is 3.25. The minimum Gasteiger partial charge on any atom is -0.369 e. The van der Waals surface area contributed by atoms with Crippen LogP contribution in [0.15, 0.2) is 5.16 Å². The summed E-state index contributed by atoms with van der Waals surface area (Å²) in [5, 5.41) is 0.200. The lowest BCUT2D eigenvalue weighted by atomic mass is 10.4. The summed E-state index contributed by atoms with van der Waals surface area (Å²) in [5.74, 6) is 0.509. The Hall–Kier alpha value is -1.63. The molecular weight excluding hydrogens is 250 g/mol. The summed E-state index contributed by atoms with van der Waals surface area (Å²) in [6.07, 6.45) is 0. The highest BCUT2D eigenvalue weighted by Gasteiger charge is 2.16. The fraction of sp³-hybridized carbons (Fsp3) is 0.455. The quantitative estimate of drug-likeness (QED) is 0.659. The first-order chi connectivity index (χ1) is 8.40. The lowest BCUT2D eigenvalue weighted by Gasteiger charge is -2.06. The van der Waals surface area contributed by atoms with Gasteiger partial charge in [0.1, 0.15) is 11.3 Å². The second kappa shape index (κ2) is 4.56. The summed E-state index contributed by atoms with van der Waals surface area (Å²) in [5.41, 5.74) is 7.62. The minimum absolute atomic E-state index is 0.351. The Labute approximate surface area is 109 Å². The van der Waals surface area contributed by atoms with Gasteiger partial charge in [0, 0.05) is 7.05 Å². The number of hydrogen-bond acceptors (Lipinski definition) is 5. The van der Waals surface area contributed by atoms with Crippen molar-refractivity contribution in [1.29, 1.82) is 0 Å². The Morgan fingerprint density at radius 2 is 2.00 bits per heavy atom. The molecule has 0 bridgehead atoms. The molecule has 0 fully saturated rings. The van der Waals surface area contributed by atoms with E-state index in [1.807, 2.05) is 25.5 Å². The summed E-state index contributed by atoms with van der Waals surface area (Å²) in [7, 11) is 1.91. The lowest BCUT2D eigenvalue weighted by Crippen LogP contribution is -2.22. The third-order valence-corrected chi connectivity index (χ3v) is 3.76. The highest BCUT2D eigenvalue weighted by molar-refractivity contribution is 8.00. The van der Waals surface area contributed by atoms with Crippen LogP contribution in [0.2, 0.25) is 0 Å². The third kappa shape index (κ3) is 2.17. The Morgan fingerprint density at radius 3 is 2.61 bits per heavy atom. The Bertz CT molecular complexity index is 621. The molecule has 2 aromatic rings. The topological polar surface area (TPSA) is 86.7 Å². The number of amides is 1. The van der Waals surface area contributed by atoms with Gasteiger partial charge >= 0.3 is 0 Å². The number of primary amides is 1. The number of aryl methyl sites for hydroxylation is 3. The van der Waals surface area contributed by atoms with Gasteiger partial charge < -0.3 is 10.3 Å². The predicted octanol–water partition coefficient (Wildman–Crippen LogP) is 0.946. The smallest absolute Gasteiger partial charge is 0.230 e. The van der Waals surface area contributed by atoms with Crippen LogP contribution in [-0.2, 0) is 11.8 Å². The number of carbonyl (C=O) groups is 1. The van der Waals surface area contributed by atoms with Gasteiger partial charge in [0.2, 0.25) is 5.91 Å². The molecule has 2 N–H and O–H groups in total. The number of nitrogens with zero attached hydrogens (tertiary/aromatic N) is 4. The number of nitrogens with two attached hydrogens (primary N) is 1. The second-order valence-corrected chi connectivity index (χ2v) is 5.45. The molecule has 0 aliphatic carbocycles. The Balaban J connectivity index is 2.48. The average Bonchev–Trinajstić information content (AvgIpc) is 2.57. The SMILES string of the molecule is Cc1nc(SC(C)C(N)=O)nc2c1nc(C)n2C. The molecule has 1 atom stereocenters. The molecule has 1 amide bonds. The van der Waals surface area contributed by atoms with Crippen LogP contribution in [0.5, 0.6) is 0 Å². The van der Waals surface area contributed by atoms with Gasteiger partial charge in [-0.2, -0.15) is 0 Å². The average molecular weight is 265 g/mol. The van der Waals surface area contributed by atoms with Crippen LogP contribution in [0.3, 0.4) is 0 Å². The van der Waals surface area contributed by atoms with Gasteiger partial charge in [-0.05, 0) is 20.8 Å². The van der Waals surface area contributed by atoms with E-state index in [9.17, 15) is 4.79 Å². The summed E-state index contributed by atoms with van der Waals surface area (Å²) < 4.78 is 1.91. The molecule has 2 heterocycles. The van der Waals surface area contributed by atoms with Gasteiger partial charge in [-0.3, -0.25) is 4.79 Å². The molecule has 1 unspecified atom stereocenters. The van der Waals surface area contributed by atoms with Crippen molar-refractivity contribution in [2.75, 3.05) is 0 Å². The first kappa shape index (κ1) is 12.8. The number of fused-ring (bicyclic) bond motifs is 1. The third-order valence-electron chi connectivity index (χ3n) is 2.78. The van der Waals surface area contributed by atoms with Crippen molar-refractivity contribution in [1.82, 2.24) is 19.5 Å². The molecule has 0 spiro atoms. The molecule has 0 aliphatic heterocycles. The number of thioether (sulfide) groups is 1. The molecule has 0 saturated heterocycles. The maximum Gasteiger partial charge on any atom is 0.230 e. The van der Waals surface area contributed by atoms with E-state index < -0.39 is 0 Å². The molecular formula is C11H15N5OS. The first-order valence-electron chi connectivity index (χ1n) is 5.53. The maximum absolute atomic E-state index is 11.1. The van der Waals surface area contributed by atoms with E-state index in [1.54, 1.807) is 6.92 Å². The molecule has 0 saturated carbocycles. The minimum atomic E-state index is -0.373. The van der Waals surface area contributed by atoms with Crippen molar-refractivity contribution in [3.05, 3.63) is 11.5 Å². The molecule has 0 aromatic carbocycles. The van der Waals surface area contributed by atoms with Crippen LogP contribution in [0.1, 0.15) is 18.4 Å². The molecule has 2 rings (SSSR count). The first-order valence-corrected chi connectivity index (χ1v) is 6.41. The number of imidazole rings is 1. The zero-order valence-corrected chi connectivity index (χ0v) is 11.6. The highest BCUT2D eigenvalue weighted by atomic mass is 32.2. The number of carbonyl (C=O) groups excluding carboxylic acids is 1. The fourth-order valence-electron chi connectivity index (χ4n) is 1.55. The molecule has 0 radical (unpaired) electrons. The molecule has 2 aromatic heterocycles. The summed E-state index contributed by atoms with van der Waals surface area (Å²) in [6, 6.07) is 0. The second-order valence-electron chi connectivity index (χ2n) is 4.14. The zero-order valence-electron chi connectivity index (χ0n) is 10.8. The fourth-order valence-corrected chi connectivity index (χ4v) is 2.31. The Morgan fingerprint density at radius 1 is 1.33 bits per heavy atom. The van der Waals surface area contributed by atoms with Gasteiger partial charge in [0.05, 0.1) is 10.9 Å². The van der Waals surface area contributed by atoms with Gasteiger partial charge in [-0.1, -0.05) is 11.8 Å². The van der Waals surface area contributed by atoms with Gasteiger partial charge in [0.25, 0.3) is 0 Å². The monoisotopic (exact) mass is 265 g/mol. The van der Waals surface area contributed by atoms with Crippen molar-refractivity contribution in [2.24, 2.45) is 12.8 Å². The summed E-state index contributed by atoms with van der Waals surface area (Å²) in [4.78, 5) is 24.2. The predicted molar refractivity (Wildman–Crippen MR) is 70.3 cm³/mol. The van der Waals surface area contributed by atoms with Crippen molar-refractivity contribution < 1.29 is 4.79 Å². The van der Waals surface area contributed by atoms with Crippen LogP contribution in [0, 0.1) is 13.8 Å². The normalized spacial score (nSPS) is 12.9. The van der Waals surface area contributed by atoms with Crippen molar-refractivity contribution in [2.45, 2.75) is 31.2 Å². The molecule has 18 heavy (non-hydrogen) atoms. The largest absolute Gasteiger partial charge is 0.369 e. The number of hydrogen-bond donors (Lipinski definition) is 1. The van der Waals surface area contributed by atoms with Crippen LogP contribution >= 0.6 is 11.8 Å². The van der Waals surface area contributed by atoms with Crippen LogP contribution in [-0.4, -0.2) is 30.7 Å². The van der Waals surface area contributed by atoms with Crippen LogP contribution in [0.25, 0.3) is 11.2 Å². The van der Waals surface area contributed by atoms with Gasteiger partial charge in [-0.25, -0.2) is 15.0 Å². The van der Waals surface area contributed by atoms with E-state index in [2.05, 4.69) is 15.0 Å². The van der Waals surface area contributed by atoms with E-state index in [4.69, 9.17) is 5.73 Å². The summed E-state index contributed by atoms with van der Waals surface area (Å²) in [6.45, 7) is 5.54. The molecule has 96 valence electrons. The van der Waals surface area contributed by atoms with Gasteiger partial charge in [-0.15, -0.1) is 0 Å². The standard InChI is InChI=1S/C11H15N5OS/c1-5-8-10(16(4)7(3)14-8)15-11(13-5)18-6(2)9(12)17/h6H,1-4H3,(H2,12,17). The zero-order chi connectivity index (χ0) is 13.4. The van der Waals surface area contributed by atoms with Gasteiger partial charge in [0.15, 0.2) is 10.8 Å². The van der Waals surface area contributed by atoms with Crippen molar-refractivity contribution in [3.63, 3.8) is 0 Å². The van der Waals surface area contributed by atoms with E-state index in [0.717, 1.165) is 22.7 Å². The van der Waals surface area contributed by atoms with E-state index in [-0.39, 0.29) is 11.2 Å². The van der Waals surface area contributed by atoms with E-state index in [0.29, 0.717) is 5.16 Å². The number of rotatable bonds is 3. The van der Waals surface area contributed by atoms with E-state index in [1.165, 1.54) is 11.8 Å². The van der Waals surface area contributed by atoms with E-state index >= 15 is 0 Å². The highest BCUT2D eigenvalue weighted by Crippen LogP contribution is 2.23. The molecule has 0 aliphatic rings.